The zero-order valence-corrected chi connectivity index (χ0v) is 19.0. The van der Waals surface area contributed by atoms with E-state index in [9.17, 15) is 14.4 Å². The van der Waals surface area contributed by atoms with Gasteiger partial charge in [0.15, 0.2) is 0 Å². The fourth-order valence-electron chi connectivity index (χ4n) is 3.22. The van der Waals surface area contributed by atoms with Crippen molar-refractivity contribution in [2.45, 2.75) is 13.0 Å². The Labute approximate surface area is 193 Å². The van der Waals surface area contributed by atoms with E-state index < -0.39 is 0 Å². The predicted molar refractivity (Wildman–Crippen MR) is 130 cm³/mol. The monoisotopic (exact) mass is 444 g/mol. The standard InChI is InChI=1S/C26H28N4O3/c1-18(19-8-5-4-6-9-19)28-25(32)20-12-14-22(15-13-20)29-24(31)17-27-23-11-7-10-21(16-23)26(33)30(2)3/h4-16,18,27H,17H2,1-3H3,(H,28,32)(H,29,31). The molecule has 0 aliphatic carbocycles. The van der Waals surface area contributed by atoms with Gasteiger partial charge in [0.25, 0.3) is 11.8 Å². The van der Waals surface area contributed by atoms with Crippen LogP contribution in [0.25, 0.3) is 0 Å². The maximum atomic E-state index is 12.5. The van der Waals surface area contributed by atoms with Gasteiger partial charge in [-0.1, -0.05) is 36.4 Å². The molecule has 7 heteroatoms. The van der Waals surface area contributed by atoms with Crippen LogP contribution in [0.1, 0.15) is 39.2 Å². The third-order valence-corrected chi connectivity index (χ3v) is 5.05. The quantitative estimate of drug-likeness (QED) is 0.491. The number of nitrogens with one attached hydrogen (secondary N) is 3. The average molecular weight is 445 g/mol. The van der Waals surface area contributed by atoms with Crippen LogP contribution in [0.2, 0.25) is 0 Å². The number of rotatable bonds is 8. The van der Waals surface area contributed by atoms with Crippen LogP contribution in [0.15, 0.2) is 78.9 Å². The van der Waals surface area contributed by atoms with Gasteiger partial charge in [-0.3, -0.25) is 14.4 Å². The SMILES string of the molecule is CC(NC(=O)c1ccc(NC(=O)CNc2cccc(C(=O)N(C)C)c2)cc1)c1ccccc1. The van der Waals surface area contributed by atoms with Crippen LogP contribution < -0.4 is 16.0 Å². The molecule has 0 aromatic heterocycles. The molecular weight excluding hydrogens is 416 g/mol. The van der Waals surface area contributed by atoms with Crippen LogP contribution in [0.5, 0.6) is 0 Å². The lowest BCUT2D eigenvalue weighted by Crippen LogP contribution is -2.26. The van der Waals surface area contributed by atoms with Crippen molar-refractivity contribution in [2.24, 2.45) is 0 Å². The Bertz CT molecular complexity index is 1110. The van der Waals surface area contributed by atoms with Gasteiger partial charge in [-0.25, -0.2) is 0 Å². The van der Waals surface area contributed by atoms with E-state index in [1.807, 2.05) is 37.3 Å². The first kappa shape index (κ1) is 23.5. The van der Waals surface area contributed by atoms with Gasteiger partial charge >= 0.3 is 0 Å². The second kappa shape index (κ2) is 10.9. The lowest BCUT2D eigenvalue weighted by molar-refractivity contribution is -0.114. The number of hydrogen-bond donors (Lipinski definition) is 3. The maximum absolute atomic E-state index is 12.5. The van der Waals surface area contributed by atoms with Crippen molar-refractivity contribution < 1.29 is 14.4 Å². The highest BCUT2D eigenvalue weighted by molar-refractivity contribution is 5.97. The molecular formula is C26H28N4O3. The van der Waals surface area contributed by atoms with Crippen LogP contribution in [-0.2, 0) is 4.79 Å². The van der Waals surface area contributed by atoms with Gasteiger partial charge in [-0.15, -0.1) is 0 Å². The number of amides is 3. The van der Waals surface area contributed by atoms with E-state index in [-0.39, 0.29) is 30.3 Å². The molecule has 0 spiro atoms. The third kappa shape index (κ3) is 6.67. The smallest absolute Gasteiger partial charge is 0.253 e. The maximum Gasteiger partial charge on any atom is 0.253 e. The Hall–Kier alpha value is -4.13. The van der Waals surface area contributed by atoms with Gasteiger partial charge < -0.3 is 20.9 Å². The molecule has 0 saturated carbocycles. The highest BCUT2D eigenvalue weighted by atomic mass is 16.2. The van der Waals surface area contributed by atoms with Crippen molar-refractivity contribution in [3.8, 4) is 0 Å². The summed E-state index contributed by atoms with van der Waals surface area (Å²) in [6, 6.07) is 23.3. The first-order chi connectivity index (χ1) is 15.8. The number of carbonyl (C=O) groups is 3. The Morgan fingerprint density at radius 2 is 1.52 bits per heavy atom. The van der Waals surface area contributed by atoms with Crippen molar-refractivity contribution in [2.75, 3.05) is 31.3 Å². The summed E-state index contributed by atoms with van der Waals surface area (Å²) >= 11 is 0. The summed E-state index contributed by atoms with van der Waals surface area (Å²) < 4.78 is 0. The molecule has 33 heavy (non-hydrogen) atoms. The minimum Gasteiger partial charge on any atom is -0.376 e. The Morgan fingerprint density at radius 3 is 2.18 bits per heavy atom. The van der Waals surface area contributed by atoms with Gasteiger partial charge in [0.05, 0.1) is 12.6 Å². The van der Waals surface area contributed by atoms with E-state index in [1.165, 1.54) is 4.90 Å². The van der Waals surface area contributed by atoms with E-state index in [2.05, 4.69) is 16.0 Å². The molecule has 1 unspecified atom stereocenters. The molecule has 0 saturated heterocycles. The Balaban J connectivity index is 1.51. The zero-order valence-electron chi connectivity index (χ0n) is 19.0. The first-order valence-electron chi connectivity index (χ1n) is 10.6. The van der Waals surface area contributed by atoms with E-state index in [0.29, 0.717) is 22.5 Å². The molecule has 0 radical (unpaired) electrons. The number of anilines is 2. The van der Waals surface area contributed by atoms with Crippen LogP contribution in [0.3, 0.4) is 0 Å². The van der Waals surface area contributed by atoms with Crippen molar-refractivity contribution >= 4 is 29.1 Å². The number of nitrogens with zero attached hydrogens (tertiary/aromatic N) is 1. The second-order valence-electron chi connectivity index (χ2n) is 7.87. The molecule has 0 fully saturated rings. The van der Waals surface area contributed by atoms with Gasteiger partial charge in [-0.05, 0) is 55.0 Å². The summed E-state index contributed by atoms with van der Waals surface area (Å²) in [6.07, 6.45) is 0. The highest BCUT2D eigenvalue weighted by Gasteiger charge is 2.12. The summed E-state index contributed by atoms with van der Waals surface area (Å²) in [5, 5.41) is 8.78. The molecule has 3 aromatic carbocycles. The van der Waals surface area contributed by atoms with Crippen molar-refractivity contribution in [3.63, 3.8) is 0 Å². The minimum atomic E-state index is -0.241. The molecule has 7 nitrogen and oxygen atoms in total. The molecule has 0 aliphatic rings. The van der Waals surface area contributed by atoms with Gasteiger partial charge in [0, 0.05) is 36.6 Å². The molecule has 3 aromatic rings. The Morgan fingerprint density at radius 1 is 0.818 bits per heavy atom. The van der Waals surface area contributed by atoms with E-state index >= 15 is 0 Å². The molecule has 0 bridgehead atoms. The van der Waals surface area contributed by atoms with E-state index in [1.54, 1.807) is 62.6 Å². The van der Waals surface area contributed by atoms with Crippen molar-refractivity contribution in [1.29, 1.82) is 0 Å². The summed E-state index contributed by atoms with van der Waals surface area (Å²) in [6.45, 7) is 1.97. The van der Waals surface area contributed by atoms with Gasteiger partial charge in [0.2, 0.25) is 5.91 Å². The summed E-state index contributed by atoms with van der Waals surface area (Å²) in [5.41, 5.74) is 3.35. The molecule has 1 atom stereocenters. The third-order valence-electron chi connectivity index (χ3n) is 5.05. The van der Waals surface area contributed by atoms with Crippen LogP contribution in [0.4, 0.5) is 11.4 Å². The number of benzene rings is 3. The average Bonchev–Trinajstić information content (AvgIpc) is 2.83. The predicted octanol–water partition coefficient (Wildman–Crippen LogP) is 3.93. The van der Waals surface area contributed by atoms with Crippen molar-refractivity contribution in [1.82, 2.24) is 10.2 Å². The van der Waals surface area contributed by atoms with Gasteiger partial charge in [0.1, 0.15) is 0 Å². The van der Waals surface area contributed by atoms with Crippen LogP contribution >= 0.6 is 0 Å². The summed E-state index contributed by atoms with van der Waals surface area (Å²) in [7, 11) is 3.38. The minimum absolute atomic E-state index is 0.0381. The van der Waals surface area contributed by atoms with Gasteiger partial charge in [-0.2, -0.15) is 0 Å². The molecule has 0 heterocycles. The van der Waals surface area contributed by atoms with Crippen LogP contribution in [-0.4, -0.2) is 43.3 Å². The molecule has 170 valence electrons. The largest absolute Gasteiger partial charge is 0.376 e. The Kier molecular flexibility index (Phi) is 7.81. The molecule has 3 rings (SSSR count). The highest BCUT2D eigenvalue weighted by Crippen LogP contribution is 2.15. The second-order valence-corrected chi connectivity index (χ2v) is 7.87. The molecule has 0 aliphatic heterocycles. The lowest BCUT2D eigenvalue weighted by Gasteiger charge is -2.14. The summed E-state index contributed by atoms with van der Waals surface area (Å²) in [5.74, 6) is -0.530. The fraction of sp³-hybridized carbons (Fsp3) is 0.192. The number of carbonyl (C=O) groups excluding carboxylic acids is 3. The molecule has 3 amide bonds. The topological polar surface area (TPSA) is 90.5 Å². The van der Waals surface area contributed by atoms with Crippen LogP contribution in [0, 0.1) is 0 Å². The normalized spacial score (nSPS) is 11.2. The first-order valence-corrected chi connectivity index (χ1v) is 10.6. The van der Waals surface area contributed by atoms with E-state index in [4.69, 9.17) is 0 Å². The number of hydrogen-bond acceptors (Lipinski definition) is 4. The van der Waals surface area contributed by atoms with E-state index in [0.717, 1.165) is 5.56 Å². The fourth-order valence-corrected chi connectivity index (χ4v) is 3.22. The summed E-state index contributed by atoms with van der Waals surface area (Å²) in [4.78, 5) is 38.4. The molecule has 3 N–H and O–H groups in total. The zero-order chi connectivity index (χ0) is 23.8. The lowest BCUT2D eigenvalue weighted by atomic mass is 10.1. The van der Waals surface area contributed by atoms with Crippen molar-refractivity contribution in [3.05, 3.63) is 95.6 Å².